The quantitative estimate of drug-likeness (QED) is 0.648. The highest BCUT2D eigenvalue weighted by molar-refractivity contribution is 7.99. The van der Waals surface area contributed by atoms with E-state index in [2.05, 4.69) is 10.6 Å². The second-order valence-electron chi connectivity index (χ2n) is 6.93. The number of likely N-dealkylation sites (N-methyl/N-ethyl adjacent to an activating group) is 1. The zero-order valence-corrected chi connectivity index (χ0v) is 14.9. The number of carbonyl (C=O) groups is 3. The number of hydrogen-bond donors (Lipinski definition) is 3. The van der Waals surface area contributed by atoms with Gasteiger partial charge in [0.05, 0.1) is 11.4 Å². The lowest BCUT2D eigenvalue weighted by atomic mass is 9.84. The van der Waals surface area contributed by atoms with Gasteiger partial charge in [-0.2, -0.15) is 0 Å². The van der Waals surface area contributed by atoms with Crippen molar-refractivity contribution in [3.05, 3.63) is 0 Å². The van der Waals surface area contributed by atoms with Crippen LogP contribution in [0.2, 0.25) is 0 Å². The van der Waals surface area contributed by atoms with Crippen LogP contribution in [-0.2, 0) is 14.4 Å². The number of nitrogens with two attached hydrogens (primary N) is 1. The second-order valence-corrected chi connectivity index (χ2v) is 8.21. The molecular formula is C15H26N4O3S. The third-order valence-corrected chi connectivity index (χ3v) is 5.96. The molecule has 0 aromatic heterocycles. The summed E-state index contributed by atoms with van der Waals surface area (Å²) in [6.45, 7) is 5.66. The maximum absolute atomic E-state index is 12.9. The highest BCUT2D eigenvalue weighted by Gasteiger charge is 2.53. The predicted octanol–water partition coefficient (Wildman–Crippen LogP) is -0.345. The van der Waals surface area contributed by atoms with Crippen molar-refractivity contribution in [3.63, 3.8) is 0 Å². The fourth-order valence-electron chi connectivity index (χ4n) is 3.32. The van der Waals surface area contributed by atoms with Crippen LogP contribution in [0.15, 0.2) is 0 Å². The van der Waals surface area contributed by atoms with E-state index in [4.69, 9.17) is 5.73 Å². The third kappa shape index (κ3) is 3.47. The molecule has 0 aromatic carbocycles. The Balaban J connectivity index is 2.23. The van der Waals surface area contributed by atoms with Crippen LogP contribution >= 0.6 is 11.8 Å². The Kier molecular flexibility index (Phi) is 5.25. The first kappa shape index (κ1) is 18.1. The fraction of sp³-hybridized carbons (Fsp3) is 0.800. The van der Waals surface area contributed by atoms with Crippen LogP contribution in [0.3, 0.4) is 0 Å². The minimum Gasteiger partial charge on any atom is -0.368 e. The van der Waals surface area contributed by atoms with Crippen LogP contribution in [0.5, 0.6) is 0 Å². The maximum Gasteiger partial charge on any atom is 0.246 e. The van der Waals surface area contributed by atoms with E-state index in [0.29, 0.717) is 6.42 Å². The summed E-state index contributed by atoms with van der Waals surface area (Å²) in [4.78, 5) is 38.6. The summed E-state index contributed by atoms with van der Waals surface area (Å²) in [6, 6.07) is -1.62. The number of rotatable bonds is 4. The largest absolute Gasteiger partial charge is 0.368 e. The zero-order chi connectivity index (χ0) is 17.4. The van der Waals surface area contributed by atoms with Crippen molar-refractivity contribution in [1.29, 1.82) is 0 Å². The molecule has 4 atom stereocenters. The summed E-state index contributed by atoms with van der Waals surface area (Å²) < 4.78 is 0. The van der Waals surface area contributed by atoms with Gasteiger partial charge in [0.25, 0.3) is 0 Å². The Labute approximate surface area is 141 Å². The summed E-state index contributed by atoms with van der Waals surface area (Å²) >= 11 is 1.66. The number of hydrogen-bond acceptors (Lipinski definition) is 5. The Bertz CT molecular complexity index is 511. The molecule has 4 N–H and O–H groups in total. The van der Waals surface area contributed by atoms with Crippen molar-refractivity contribution < 1.29 is 14.4 Å². The molecule has 1 unspecified atom stereocenters. The summed E-state index contributed by atoms with van der Waals surface area (Å²) in [5, 5.41) is 5.60. The summed E-state index contributed by atoms with van der Waals surface area (Å²) in [6.07, 6.45) is 1.29. The maximum atomic E-state index is 12.9. The number of primary amides is 1. The van der Waals surface area contributed by atoms with Crippen LogP contribution in [0.25, 0.3) is 0 Å². The van der Waals surface area contributed by atoms with Gasteiger partial charge in [-0.05, 0) is 38.0 Å². The van der Waals surface area contributed by atoms with Gasteiger partial charge in [-0.15, -0.1) is 11.8 Å². The first-order valence-corrected chi connectivity index (χ1v) is 8.94. The van der Waals surface area contributed by atoms with Gasteiger partial charge >= 0.3 is 0 Å². The molecule has 8 heteroatoms. The topological polar surface area (TPSA) is 105 Å². The van der Waals surface area contributed by atoms with E-state index in [-0.39, 0.29) is 28.6 Å². The average Bonchev–Trinajstić information content (AvgIpc) is 2.66. The standard InChI is InChI=1S/C15H26N4O3S/c1-8(17-4)13(21)18-9-5-6-23-10-7-15(2,3)11(12(16)20)19(10)14(9)22/h8-11,17H,5-7H2,1-4H3,(H2,16,20)(H,18,21)/t8-,9-,10?,11+/m0/s1. The van der Waals surface area contributed by atoms with Crippen molar-refractivity contribution >= 4 is 29.5 Å². The fourth-order valence-corrected chi connectivity index (χ4v) is 4.90. The highest BCUT2D eigenvalue weighted by atomic mass is 32.2. The number of fused-ring (bicyclic) bond motifs is 1. The van der Waals surface area contributed by atoms with E-state index in [9.17, 15) is 14.4 Å². The molecule has 2 fully saturated rings. The summed E-state index contributed by atoms with van der Waals surface area (Å²) in [5.41, 5.74) is 5.21. The minimum absolute atomic E-state index is 0.0568. The molecule has 7 nitrogen and oxygen atoms in total. The first-order chi connectivity index (χ1) is 10.7. The molecular weight excluding hydrogens is 316 g/mol. The van der Waals surface area contributed by atoms with Crippen LogP contribution in [-0.4, -0.2) is 58.9 Å². The van der Waals surface area contributed by atoms with Gasteiger partial charge in [-0.25, -0.2) is 0 Å². The molecule has 0 spiro atoms. The Hall–Kier alpha value is -1.28. The molecule has 23 heavy (non-hydrogen) atoms. The van der Waals surface area contributed by atoms with E-state index in [1.807, 2.05) is 13.8 Å². The number of carbonyl (C=O) groups excluding carboxylic acids is 3. The molecule has 2 aliphatic heterocycles. The Morgan fingerprint density at radius 2 is 2.09 bits per heavy atom. The van der Waals surface area contributed by atoms with Crippen LogP contribution < -0.4 is 16.4 Å². The number of amides is 3. The number of thioether (sulfide) groups is 1. The normalized spacial score (nSPS) is 31.2. The average molecular weight is 342 g/mol. The SMILES string of the molecule is CN[C@@H](C)C(=O)N[C@H]1CCSC2CC(C)(C)[C@@H](C(N)=O)N2C1=O. The number of nitrogens with one attached hydrogen (secondary N) is 2. The van der Waals surface area contributed by atoms with E-state index in [1.54, 1.807) is 30.6 Å². The smallest absolute Gasteiger partial charge is 0.246 e. The van der Waals surface area contributed by atoms with Crippen molar-refractivity contribution in [3.8, 4) is 0 Å². The number of nitrogens with zero attached hydrogens (tertiary/aromatic N) is 1. The van der Waals surface area contributed by atoms with Gasteiger partial charge in [0.1, 0.15) is 12.1 Å². The molecule has 2 saturated heterocycles. The van der Waals surface area contributed by atoms with E-state index in [1.165, 1.54) is 0 Å². The molecule has 2 heterocycles. The van der Waals surface area contributed by atoms with Gasteiger partial charge < -0.3 is 21.3 Å². The summed E-state index contributed by atoms with van der Waals surface area (Å²) in [7, 11) is 1.69. The van der Waals surface area contributed by atoms with Crippen molar-refractivity contribution in [2.75, 3.05) is 12.8 Å². The molecule has 0 aromatic rings. The molecule has 2 aliphatic rings. The lowest BCUT2D eigenvalue weighted by Gasteiger charge is -2.32. The van der Waals surface area contributed by atoms with Crippen LogP contribution in [0, 0.1) is 5.41 Å². The van der Waals surface area contributed by atoms with Crippen molar-refractivity contribution in [2.45, 2.75) is 57.1 Å². The first-order valence-electron chi connectivity index (χ1n) is 7.89. The third-order valence-electron chi connectivity index (χ3n) is 4.71. The minimum atomic E-state index is -0.633. The van der Waals surface area contributed by atoms with Crippen molar-refractivity contribution in [2.24, 2.45) is 11.1 Å². The van der Waals surface area contributed by atoms with Crippen LogP contribution in [0.1, 0.15) is 33.6 Å². The molecule has 0 radical (unpaired) electrons. The van der Waals surface area contributed by atoms with Crippen molar-refractivity contribution in [1.82, 2.24) is 15.5 Å². The van der Waals surface area contributed by atoms with Gasteiger partial charge in [0, 0.05) is 0 Å². The Morgan fingerprint density at radius 1 is 1.43 bits per heavy atom. The molecule has 130 valence electrons. The molecule has 2 rings (SSSR count). The van der Waals surface area contributed by atoms with E-state index >= 15 is 0 Å². The van der Waals surface area contributed by atoms with E-state index in [0.717, 1.165) is 12.2 Å². The lowest BCUT2D eigenvalue weighted by Crippen LogP contribution is -2.57. The van der Waals surface area contributed by atoms with Crippen LogP contribution in [0.4, 0.5) is 0 Å². The lowest BCUT2D eigenvalue weighted by molar-refractivity contribution is -0.142. The Morgan fingerprint density at radius 3 is 2.65 bits per heavy atom. The van der Waals surface area contributed by atoms with Gasteiger partial charge in [-0.3, -0.25) is 14.4 Å². The molecule has 0 aliphatic carbocycles. The molecule has 0 bridgehead atoms. The molecule has 3 amide bonds. The monoisotopic (exact) mass is 342 g/mol. The van der Waals surface area contributed by atoms with Gasteiger partial charge in [-0.1, -0.05) is 13.8 Å². The van der Waals surface area contributed by atoms with Gasteiger partial charge in [0.15, 0.2) is 0 Å². The highest BCUT2D eigenvalue weighted by Crippen LogP contribution is 2.45. The van der Waals surface area contributed by atoms with Gasteiger partial charge in [0.2, 0.25) is 17.7 Å². The predicted molar refractivity (Wildman–Crippen MR) is 89.5 cm³/mol. The second kappa shape index (κ2) is 6.68. The molecule has 0 saturated carbocycles. The zero-order valence-electron chi connectivity index (χ0n) is 14.1. The summed E-state index contributed by atoms with van der Waals surface area (Å²) in [5.74, 6) is -0.149. The van der Waals surface area contributed by atoms with E-state index < -0.39 is 18.0 Å².